The highest BCUT2D eigenvalue weighted by Gasteiger charge is 2.26. The molecule has 0 radical (unpaired) electrons. The maximum atomic E-state index is 11.1. The first-order valence-electron chi connectivity index (χ1n) is 11.2. The van der Waals surface area contributed by atoms with Gasteiger partial charge in [0.15, 0.2) is 0 Å². The molecule has 2 N–H and O–H groups in total. The van der Waals surface area contributed by atoms with Crippen LogP contribution in [0, 0.1) is 20.8 Å². The molecule has 1 unspecified atom stereocenters. The molecule has 1 aromatic heterocycles. The average molecular weight is 442 g/mol. The van der Waals surface area contributed by atoms with Crippen LogP contribution in [0.5, 0.6) is 5.75 Å². The Morgan fingerprint density at radius 2 is 1.97 bits per heavy atom. The number of aryl methyl sites for hydroxylation is 2. The van der Waals surface area contributed by atoms with Crippen molar-refractivity contribution in [1.82, 2.24) is 9.55 Å². The molecule has 4 aromatic rings. The molecule has 0 bridgehead atoms. The highest BCUT2D eigenvalue weighted by atomic mass is 16.5. The number of nitrogens with zero attached hydrogens (tertiary/aromatic N) is 2. The van der Waals surface area contributed by atoms with Crippen LogP contribution >= 0.6 is 0 Å². The first-order chi connectivity index (χ1) is 15.9. The number of aliphatic carboxylic acids is 1. The first-order valence-corrected chi connectivity index (χ1v) is 11.2. The number of benzene rings is 3. The van der Waals surface area contributed by atoms with Gasteiger partial charge in [-0.05, 0) is 55.7 Å². The number of nitrogens with one attached hydrogen (secondary N) is 1. The van der Waals surface area contributed by atoms with Crippen molar-refractivity contribution in [3.05, 3.63) is 82.7 Å². The molecule has 5 rings (SSSR count). The Morgan fingerprint density at radius 3 is 2.79 bits per heavy atom. The Morgan fingerprint density at radius 1 is 1.15 bits per heavy atom. The molecule has 2 heterocycles. The van der Waals surface area contributed by atoms with E-state index in [-0.39, 0.29) is 12.3 Å². The normalized spacial score (nSPS) is 14.8. The number of hydrogen-bond acceptors (Lipinski definition) is 4. The number of anilines is 1. The number of carboxylic acids is 1. The van der Waals surface area contributed by atoms with Crippen LogP contribution in [0.4, 0.5) is 5.69 Å². The molecule has 1 aliphatic rings. The fourth-order valence-electron chi connectivity index (χ4n) is 4.73. The zero-order valence-corrected chi connectivity index (χ0v) is 19.1. The summed E-state index contributed by atoms with van der Waals surface area (Å²) < 4.78 is 7.98. The summed E-state index contributed by atoms with van der Waals surface area (Å²) in [5, 5.41) is 12.6. The number of imidazole rings is 1. The van der Waals surface area contributed by atoms with Gasteiger partial charge in [-0.3, -0.25) is 9.36 Å². The van der Waals surface area contributed by atoms with E-state index in [4.69, 9.17) is 14.8 Å². The van der Waals surface area contributed by atoms with Crippen molar-refractivity contribution in [3.8, 4) is 11.4 Å². The number of aromatic nitrogens is 2. The van der Waals surface area contributed by atoms with Crippen molar-refractivity contribution >= 4 is 22.7 Å². The number of carbonyl (C=O) groups is 1. The van der Waals surface area contributed by atoms with Crippen LogP contribution in [-0.4, -0.2) is 27.2 Å². The maximum Gasteiger partial charge on any atom is 0.304 e. The SMILES string of the molecule is Cc1c(CNc2ccc3c(c2)OCC3CC(=O)O)cccc1-n1c(C)nc2c(C)cccc21. The molecular formula is C27H27N3O3. The van der Waals surface area contributed by atoms with Crippen molar-refractivity contribution in [2.45, 2.75) is 39.7 Å². The molecule has 6 heteroatoms. The Kier molecular flexibility index (Phi) is 5.29. The van der Waals surface area contributed by atoms with Gasteiger partial charge in [-0.2, -0.15) is 0 Å². The number of ether oxygens (including phenoxy) is 1. The van der Waals surface area contributed by atoms with Gasteiger partial charge < -0.3 is 15.2 Å². The van der Waals surface area contributed by atoms with Crippen LogP contribution < -0.4 is 10.1 Å². The summed E-state index contributed by atoms with van der Waals surface area (Å²) in [6, 6.07) is 18.6. The Balaban J connectivity index is 1.40. The van der Waals surface area contributed by atoms with Gasteiger partial charge in [-0.25, -0.2) is 4.98 Å². The molecule has 0 spiro atoms. The topological polar surface area (TPSA) is 76.4 Å². The second-order valence-corrected chi connectivity index (χ2v) is 8.71. The highest BCUT2D eigenvalue weighted by molar-refractivity contribution is 5.81. The summed E-state index contributed by atoms with van der Waals surface area (Å²) >= 11 is 0. The Labute approximate surface area is 192 Å². The summed E-state index contributed by atoms with van der Waals surface area (Å²) in [6.45, 7) is 7.38. The zero-order chi connectivity index (χ0) is 23.1. The molecular weight excluding hydrogens is 414 g/mol. The second-order valence-electron chi connectivity index (χ2n) is 8.71. The van der Waals surface area contributed by atoms with Gasteiger partial charge in [0.2, 0.25) is 0 Å². The Bertz CT molecular complexity index is 1370. The van der Waals surface area contributed by atoms with Gasteiger partial charge in [-0.15, -0.1) is 0 Å². The van der Waals surface area contributed by atoms with Crippen LogP contribution in [0.1, 0.15) is 40.4 Å². The molecule has 6 nitrogen and oxygen atoms in total. The zero-order valence-electron chi connectivity index (χ0n) is 19.1. The molecule has 0 fully saturated rings. The quantitative estimate of drug-likeness (QED) is 0.412. The lowest BCUT2D eigenvalue weighted by Crippen LogP contribution is -2.07. The van der Waals surface area contributed by atoms with Gasteiger partial charge in [0.05, 0.1) is 29.7 Å². The van der Waals surface area contributed by atoms with E-state index in [0.717, 1.165) is 39.5 Å². The van der Waals surface area contributed by atoms with E-state index >= 15 is 0 Å². The first kappa shape index (κ1) is 21.1. The third-order valence-electron chi connectivity index (χ3n) is 6.51. The van der Waals surface area contributed by atoms with Gasteiger partial charge >= 0.3 is 5.97 Å². The van der Waals surface area contributed by atoms with E-state index in [1.807, 2.05) is 25.1 Å². The van der Waals surface area contributed by atoms with Crippen molar-refractivity contribution in [3.63, 3.8) is 0 Å². The molecule has 33 heavy (non-hydrogen) atoms. The van der Waals surface area contributed by atoms with E-state index in [2.05, 4.69) is 60.1 Å². The molecule has 1 aliphatic heterocycles. The molecule has 0 aliphatic carbocycles. The molecule has 0 saturated heterocycles. The van der Waals surface area contributed by atoms with Gasteiger partial charge in [-0.1, -0.05) is 30.3 Å². The predicted octanol–water partition coefficient (Wildman–Crippen LogP) is 5.51. The van der Waals surface area contributed by atoms with Gasteiger partial charge in [0.1, 0.15) is 11.6 Å². The summed E-state index contributed by atoms with van der Waals surface area (Å²) in [5.74, 6) is 0.860. The standard InChI is InChI=1S/C27H27N3O3/c1-16-6-4-9-24-27(16)29-18(3)30(24)23-8-5-7-19(17(23)2)14-28-21-10-11-22-20(12-26(31)32)15-33-25(22)13-21/h4-11,13,20,28H,12,14-15H2,1-3H3,(H,31,32). The fourth-order valence-corrected chi connectivity index (χ4v) is 4.73. The highest BCUT2D eigenvalue weighted by Crippen LogP contribution is 2.38. The Hall–Kier alpha value is -3.80. The van der Waals surface area contributed by atoms with Crippen LogP contribution in [0.3, 0.4) is 0 Å². The lowest BCUT2D eigenvalue weighted by molar-refractivity contribution is -0.137. The summed E-state index contributed by atoms with van der Waals surface area (Å²) in [5.41, 5.74) is 8.79. The van der Waals surface area contributed by atoms with Crippen molar-refractivity contribution < 1.29 is 14.6 Å². The minimum atomic E-state index is -0.801. The van der Waals surface area contributed by atoms with Crippen molar-refractivity contribution in [2.75, 3.05) is 11.9 Å². The predicted molar refractivity (Wildman–Crippen MR) is 130 cm³/mol. The summed E-state index contributed by atoms with van der Waals surface area (Å²) in [7, 11) is 0. The smallest absolute Gasteiger partial charge is 0.304 e. The van der Waals surface area contributed by atoms with Crippen LogP contribution in [0.25, 0.3) is 16.7 Å². The monoisotopic (exact) mass is 441 g/mol. The van der Waals surface area contributed by atoms with Crippen LogP contribution in [-0.2, 0) is 11.3 Å². The number of hydrogen-bond donors (Lipinski definition) is 2. The fraction of sp³-hybridized carbons (Fsp3) is 0.259. The van der Waals surface area contributed by atoms with E-state index in [9.17, 15) is 4.79 Å². The molecule has 168 valence electrons. The lowest BCUT2D eigenvalue weighted by atomic mass is 9.98. The van der Waals surface area contributed by atoms with E-state index in [1.165, 1.54) is 16.7 Å². The molecule has 0 saturated carbocycles. The van der Waals surface area contributed by atoms with Crippen molar-refractivity contribution in [2.24, 2.45) is 0 Å². The molecule has 1 atom stereocenters. The average Bonchev–Trinajstić information content (AvgIpc) is 3.33. The molecule has 0 amide bonds. The number of carboxylic acid groups (broad SMARTS) is 1. The third kappa shape index (κ3) is 3.82. The maximum absolute atomic E-state index is 11.1. The lowest BCUT2D eigenvalue weighted by Gasteiger charge is -2.16. The summed E-state index contributed by atoms with van der Waals surface area (Å²) in [6.07, 6.45) is 0.0909. The van der Waals surface area contributed by atoms with Gasteiger partial charge in [0.25, 0.3) is 0 Å². The third-order valence-corrected chi connectivity index (χ3v) is 6.51. The van der Waals surface area contributed by atoms with E-state index < -0.39 is 5.97 Å². The largest absolute Gasteiger partial charge is 0.493 e. The van der Waals surface area contributed by atoms with E-state index in [1.54, 1.807) is 0 Å². The molecule has 3 aromatic carbocycles. The minimum Gasteiger partial charge on any atom is -0.493 e. The van der Waals surface area contributed by atoms with E-state index in [0.29, 0.717) is 13.2 Å². The summed E-state index contributed by atoms with van der Waals surface area (Å²) in [4.78, 5) is 15.9. The minimum absolute atomic E-state index is 0.0812. The number of para-hydroxylation sites is 1. The second kappa shape index (κ2) is 8.28. The van der Waals surface area contributed by atoms with Crippen molar-refractivity contribution in [1.29, 1.82) is 0 Å². The van der Waals surface area contributed by atoms with Crippen LogP contribution in [0.15, 0.2) is 54.6 Å². The van der Waals surface area contributed by atoms with Crippen LogP contribution in [0.2, 0.25) is 0 Å². The van der Waals surface area contributed by atoms with Gasteiger partial charge in [0, 0.05) is 29.8 Å². The number of rotatable bonds is 6. The number of fused-ring (bicyclic) bond motifs is 2.